The summed E-state index contributed by atoms with van der Waals surface area (Å²) in [6, 6.07) is 21.4. The van der Waals surface area contributed by atoms with Crippen LogP contribution in [0, 0.1) is 0 Å². The summed E-state index contributed by atoms with van der Waals surface area (Å²) in [5, 5.41) is 1.20. The van der Waals surface area contributed by atoms with Gasteiger partial charge in [-0.15, -0.1) is 11.3 Å². The molecule has 0 radical (unpaired) electrons. The highest BCUT2D eigenvalue weighted by Crippen LogP contribution is 2.39. The van der Waals surface area contributed by atoms with Gasteiger partial charge >= 0.3 is 12.2 Å². The number of carbonyl (C=O) groups is 2. The number of hydrogen-bond acceptors (Lipinski definition) is 6. The zero-order valence-electron chi connectivity index (χ0n) is 29.1. The molecule has 5 heterocycles. The number of hydrogen-bond donors (Lipinski definition) is 2. The first-order chi connectivity index (χ1) is 23.3. The minimum atomic E-state index is -0.535. The SMILES string of the molecule is CC(C)(C)OC(=O)N1CCC[C@H]1c1ccc(-c2ccc3cc(-c4ccc(-c5cnc([C@@H]6CCCN6C(=O)OC(C)(C)C)[nH]5)cc4)sc3c2)[nH]1. The summed E-state index contributed by atoms with van der Waals surface area (Å²) in [5.41, 5.74) is 5.27. The van der Waals surface area contributed by atoms with E-state index in [0.29, 0.717) is 13.1 Å². The van der Waals surface area contributed by atoms with E-state index in [4.69, 9.17) is 9.47 Å². The quantitative estimate of drug-likeness (QED) is 0.192. The summed E-state index contributed by atoms with van der Waals surface area (Å²) in [6.45, 7) is 12.8. The second-order valence-electron chi connectivity index (χ2n) is 15.1. The second kappa shape index (κ2) is 12.7. The standard InChI is InChI=1S/C39H45N5O4S/c1-38(2,3)47-36(45)43-19-7-9-31(43)29-18-17-28(41-29)26-15-16-27-22-33(49-34(27)21-26)25-13-11-24(12-14-25)30-23-40-35(42-30)32-10-8-20-44(32)37(46)48-39(4,5)6/h11-18,21-23,31-32,41H,7-10,19-20H2,1-6H3,(H,40,42)/t31-,32-/m0/s1. The van der Waals surface area contributed by atoms with E-state index in [0.717, 1.165) is 65.3 Å². The molecule has 0 unspecified atom stereocenters. The lowest BCUT2D eigenvalue weighted by Crippen LogP contribution is -2.36. The molecule has 3 aromatic heterocycles. The van der Waals surface area contributed by atoms with Crippen LogP contribution < -0.4 is 0 Å². The van der Waals surface area contributed by atoms with E-state index in [1.54, 1.807) is 16.2 Å². The van der Waals surface area contributed by atoms with Crippen LogP contribution in [0.2, 0.25) is 0 Å². The van der Waals surface area contributed by atoms with Gasteiger partial charge in [-0.1, -0.05) is 36.4 Å². The van der Waals surface area contributed by atoms with Crippen LogP contribution in [-0.2, 0) is 9.47 Å². The van der Waals surface area contributed by atoms with Crippen LogP contribution in [0.3, 0.4) is 0 Å². The maximum atomic E-state index is 12.9. The van der Waals surface area contributed by atoms with Crippen LogP contribution in [-0.4, -0.2) is 61.2 Å². The largest absolute Gasteiger partial charge is 0.444 e. The molecule has 0 saturated carbocycles. The Morgan fingerprint density at radius 3 is 2.02 bits per heavy atom. The minimum Gasteiger partial charge on any atom is -0.444 e. The fraction of sp³-hybridized carbons (Fsp3) is 0.410. The Labute approximate surface area is 291 Å². The average molecular weight is 680 g/mol. The first-order valence-corrected chi connectivity index (χ1v) is 18.0. The fourth-order valence-electron chi connectivity index (χ4n) is 6.80. The second-order valence-corrected chi connectivity index (χ2v) is 16.2. The number of nitrogens with zero attached hydrogens (tertiary/aromatic N) is 3. The lowest BCUT2D eigenvalue weighted by molar-refractivity contribution is 0.0209. The molecule has 7 rings (SSSR count). The summed E-state index contributed by atoms with van der Waals surface area (Å²) in [7, 11) is 0. The number of aromatic nitrogens is 3. The predicted octanol–water partition coefficient (Wildman–Crippen LogP) is 10.1. The number of nitrogens with one attached hydrogen (secondary N) is 2. The van der Waals surface area contributed by atoms with E-state index in [9.17, 15) is 9.59 Å². The fourth-order valence-corrected chi connectivity index (χ4v) is 7.91. The lowest BCUT2D eigenvalue weighted by atomic mass is 10.1. The Bertz CT molecular complexity index is 1980. The van der Waals surface area contributed by atoms with Crippen LogP contribution in [0.5, 0.6) is 0 Å². The number of rotatable bonds is 5. The van der Waals surface area contributed by atoms with Crippen molar-refractivity contribution in [2.24, 2.45) is 0 Å². The predicted molar refractivity (Wildman–Crippen MR) is 194 cm³/mol. The monoisotopic (exact) mass is 679 g/mol. The maximum absolute atomic E-state index is 12.9. The highest BCUT2D eigenvalue weighted by Gasteiger charge is 2.35. The first-order valence-electron chi connectivity index (χ1n) is 17.2. The zero-order chi connectivity index (χ0) is 34.5. The Hall–Kier alpha value is -4.57. The number of H-pyrrole nitrogens is 2. The van der Waals surface area contributed by atoms with Crippen LogP contribution in [0.1, 0.15) is 90.8 Å². The third-order valence-corrected chi connectivity index (χ3v) is 10.2. The summed E-state index contributed by atoms with van der Waals surface area (Å²) in [5.74, 6) is 0.792. The van der Waals surface area contributed by atoms with Crippen LogP contribution in [0.15, 0.2) is 66.9 Å². The van der Waals surface area contributed by atoms with Gasteiger partial charge in [0, 0.05) is 34.1 Å². The molecule has 256 valence electrons. The molecule has 0 spiro atoms. The minimum absolute atomic E-state index is 0.00775. The number of ether oxygens (including phenoxy) is 2. The van der Waals surface area contributed by atoms with Crippen molar-refractivity contribution >= 4 is 33.6 Å². The van der Waals surface area contributed by atoms with Gasteiger partial charge in [0.2, 0.25) is 0 Å². The molecule has 2 N–H and O–H groups in total. The number of fused-ring (bicyclic) bond motifs is 1. The smallest absolute Gasteiger partial charge is 0.410 e. The van der Waals surface area contributed by atoms with E-state index in [-0.39, 0.29) is 24.3 Å². The number of aromatic amines is 2. The molecular weight excluding hydrogens is 635 g/mol. The van der Waals surface area contributed by atoms with Crippen LogP contribution in [0.4, 0.5) is 9.59 Å². The Morgan fingerprint density at radius 2 is 1.35 bits per heavy atom. The molecule has 0 bridgehead atoms. The molecular formula is C39H45N5O4S. The highest BCUT2D eigenvalue weighted by molar-refractivity contribution is 7.22. The molecule has 9 nitrogen and oxygen atoms in total. The topological polar surface area (TPSA) is 104 Å². The van der Waals surface area contributed by atoms with Crippen molar-refractivity contribution in [1.29, 1.82) is 0 Å². The van der Waals surface area contributed by atoms with Crippen LogP contribution >= 0.6 is 11.3 Å². The molecule has 10 heteroatoms. The Kier molecular flexibility index (Phi) is 8.55. The lowest BCUT2D eigenvalue weighted by Gasteiger charge is -2.28. The van der Waals surface area contributed by atoms with Gasteiger partial charge in [-0.25, -0.2) is 14.6 Å². The molecule has 2 aliphatic heterocycles. The number of benzene rings is 2. The Balaban J connectivity index is 1.05. The summed E-state index contributed by atoms with van der Waals surface area (Å²) < 4.78 is 12.5. The number of imidazole rings is 1. The third kappa shape index (κ3) is 7.11. The average Bonchev–Trinajstić information content (AvgIpc) is 3.87. The molecule has 2 saturated heterocycles. The van der Waals surface area contributed by atoms with Gasteiger partial charge in [-0.3, -0.25) is 9.80 Å². The van der Waals surface area contributed by atoms with Gasteiger partial charge in [0.1, 0.15) is 17.0 Å². The van der Waals surface area contributed by atoms with E-state index < -0.39 is 11.2 Å². The number of thiophene rings is 1. The molecule has 5 aromatic rings. The first kappa shape index (κ1) is 33.0. The van der Waals surface area contributed by atoms with Crippen LogP contribution in [0.25, 0.3) is 43.0 Å². The number of likely N-dealkylation sites (tertiary alicyclic amines) is 2. The maximum Gasteiger partial charge on any atom is 0.410 e. The van der Waals surface area contributed by atoms with Crippen molar-refractivity contribution in [3.63, 3.8) is 0 Å². The van der Waals surface area contributed by atoms with E-state index in [2.05, 4.69) is 75.6 Å². The van der Waals surface area contributed by atoms with Crippen molar-refractivity contribution in [3.8, 4) is 33.0 Å². The van der Waals surface area contributed by atoms with Gasteiger partial charge in [0.05, 0.1) is 24.0 Å². The molecule has 49 heavy (non-hydrogen) atoms. The van der Waals surface area contributed by atoms with Gasteiger partial charge in [-0.05, 0) is 114 Å². The normalized spacial score (nSPS) is 18.4. The molecule has 2 amide bonds. The van der Waals surface area contributed by atoms with E-state index in [1.165, 1.54) is 15.0 Å². The number of carbonyl (C=O) groups excluding carboxylic acids is 2. The molecule has 2 atom stereocenters. The van der Waals surface area contributed by atoms with Gasteiger partial charge in [0.25, 0.3) is 0 Å². The molecule has 2 aliphatic rings. The highest BCUT2D eigenvalue weighted by atomic mass is 32.1. The van der Waals surface area contributed by atoms with Crippen molar-refractivity contribution in [1.82, 2.24) is 24.8 Å². The number of amides is 2. The Morgan fingerprint density at radius 1 is 0.735 bits per heavy atom. The molecule has 2 aromatic carbocycles. The summed E-state index contributed by atoms with van der Waals surface area (Å²) in [4.78, 5) is 42.3. The summed E-state index contributed by atoms with van der Waals surface area (Å²) in [6.07, 6.45) is 4.97. The molecule has 0 aliphatic carbocycles. The van der Waals surface area contributed by atoms with Crippen molar-refractivity contribution in [2.45, 2.75) is 90.5 Å². The molecule has 2 fully saturated rings. The zero-order valence-corrected chi connectivity index (χ0v) is 29.9. The van der Waals surface area contributed by atoms with Crippen molar-refractivity contribution < 1.29 is 19.1 Å². The van der Waals surface area contributed by atoms with E-state index in [1.807, 2.05) is 52.6 Å². The van der Waals surface area contributed by atoms with Gasteiger partial charge in [-0.2, -0.15) is 0 Å². The third-order valence-electron chi connectivity index (χ3n) is 9.05. The van der Waals surface area contributed by atoms with E-state index >= 15 is 0 Å². The van der Waals surface area contributed by atoms with Crippen molar-refractivity contribution in [3.05, 3.63) is 78.4 Å². The van der Waals surface area contributed by atoms with Gasteiger partial charge in [0.15, 0.2) is 0 Å². The van der Waals surface area contributed by atoms with Gasteiger partial charge < -0.3 is 19.4 Å². The summed E-state index contributed by atoms with van der Waals surface area (Å²) >= 11 is 1.78. The van der Waals surface area contributed by atoms with Crippen molar-refractivity contribution in [2.75, 3.05) is 13.1 Å².